The van der Waals surface area contributed by atoms with E-state index < -0.39 is 6.04 Å². The van der Waals surface area contributed by atoms with Gasteiger partial charge in [-0.15, -0.1) is 11.3 Å². The number of carbonyl (C=O) groups is 2. The molecule has 6 heteroatoms. The number of nitrogens with one attached hydrogen (secondary N) is 1. The van der Waals surface area contributed by atoms with E-state index in [0.29, 0.717) is 0 Å². The van der Waals surface area contributed by atoms with E-state index >= 15 is 0 Å². The van der Waals surface area contributed by atoms with E-state index in [1.54, 1.807) is 17.0 Å². The van der Waals surface area contributed by atoms with Crippen LogP contribution >= 0.6 is 11.3 Å². The number of carbonyl (C=O) groups excluding carboxylic acids is 2. The highest BCUT2D eigenvalue weighted by Gasteiger charge is 2.37. The van der Waals surface area contributed by atoms with Gasteiger partial charge in [0, 0.05) is 16.6 Å². The minimum Gasteiger partial charge on any atom is -0.459 e. The minimum atomic E-state index is -0.760. The first-order valence-corrected chi connectivity index (χ1v) is 11.2. The Morgan fingerprint density at radius 1 is 1.10 bits per heavy atom. The highest BCUT2D eigenvalue weighted by atomic mass is 32.1. The lowest BCUT2D eigenvalue weighted by atomic mass is 10.0. The number of anilines is 1. The van der Waals surface area contributed by atoms with Gasteiger partial charge in [-0.2, -0.15) is 0 Å². The molecule has 2 heterocycles. The van der Waals surface area contributed by atoms with E-state index in [-0.39, 0.29) is 23.6 Å². The van der Waals surface area contributed by atoms with Crippen molar-refractivity contribution in [3.63, 3.8) is 0 Å². The van der Waals surface area contributed by atoms with Gasteiger partial charge in [-0.3, -0.25) is 14.5 Å². The molecule has 0 bridgehead atoms. The van der Waals surface area contributed by atoms with Crippen molar-refractivity contribution in [2.24, 2.45) is 0 Å². The molecule has 0 radical (unpaired) electrons. The maximum Gasteiger partial charge on any atom is 0.295 e. The van der Waals surface area contributed by atoms with Crippen molar-refractivity contribution in [3.05, 3.63) is 75.9 Å². The summed E-state index contributed by atoms with van der Waals surface area (Å²) >= 11 is 1.48. The second-order valence-electron chi connectivity index (χ2n) is 7.78. The van der Waals surface area contributed by atoms with Gasteiger partial charge in [-0.1, -0.05) is 31.0 Å². The van der Waals surface area contributed by atoms with Crippen molar-refractivity contribution in [2.75, 3.05) is 4.90 Å². The largest absolute Gasteiger partial charge is 0.459 e. The number of thiophene rings is 1. The Hall–Kier alpha value is -2.86. The summed E-state index contributed by atoms with van der Waals surface area (Å²) in [5, 5.41) is 5.13. The Balaban J connectivity index is 1.81. The van der Waals surface area contributed by atoms with Crippen molar-refractivity contribution >= 4 is 28.8 Å². The van der Waals surface area contributed by atoms with Crippen LogP contribution in [0.25, 0.3) is 0 Å². The van der Waals surface area contributed by atoms with Gasteiger partial charge in [-0.25, -0.2) is 0 Å². The average molecular weight is 423 g/mol. The molecule has 1 aliphatic rings. The molecule has 3 aromatic rings. The third-order valence-electron chi connectivity index (χ3n) is 5.81. The van der Waals surface area contributed by atoms with Crippen molar-refractivity contribution in [1.29, 1.82) is 0 Å². The Labute approximate surface area is 180 Å². The van der Waals surface area contributed by atoms with Gasteiger partial charge in [0.2, 0.25) is 5.91 Å². The molecule has 0 unspecified atom stereocenters. The normalized spacial score (nSPS) is 15.1. The lowest BCUT2D eigenvalue weighted by molar-refractivity contribution is -0.123. The number of hydrogen-bond donors (Lipinski definition) is 1. The minimum absolute atomic E-state index is 0.148. The molecule has 1 atom stereocenters. The first-order valence-electron chi connectivity index (χ1n) is 10.3. The Kier molecular flexibility index (Phi) is 6.04. The van der Waals surface area contributed by atoms with Gasteiger partial charge in [0.1, 0.15) is 0 Å². The highest BCUT2D eigenvalue weighted by Crippen LogP contribution is 2.35. The zero-order chi connectivity index (χ0) is 21.1. The number of aryl methyl sites for hydroxylation is 1. The number of amides is 2. The summed E-state index contributed by atoms with van der Waals surface area (Å²) in [7, 11) is 0. The summed E-state index contributed by atoms with van der Waals surface area (Å²) in [5.74, 6) is -0.259. The molecule has 1 N–H and O–H groups in total. The molecule has 0 saturated heterocycles. The smallest absolute Gasteiger partial charge is 0.295 e. The van der Waals surface area contributed by atoms with E-state index in [1.165, 1.54) is 17.6 Å². The molecule has 1 fully saturated rings. The molecular formula is C24H26N2O3S. The number of rotatable bonds is 6. The fourth-order valence-electron chi connectivity index (χ4n) is 4.05. The summed E-state index contributed by atoms with van der Waals surface area (Å²) in [6.45, 7) is 3.99. The summed E-state index contributed by atoms with van der Waals surface area (Å²) in [6, 6.07) is 12.4. The van der Waals surface area contributed by atoms with E-state index in [4.69, 9.17) is 4.42 Å². The monoisotopic (exact) mass is 422 g/mol. The predicted octanol–water partition coefficient (Wildman–Crippen LogP) is 5.40. The maximum absolute atomic E-state index is 13.6. The lowest BCUT2D eigenvalue weighted by Gasteiger charge is -2.32. The zero-order valence-electron chi connectivity index (χ0n) is 17.3. The molecular weight excluding hydrogens is 396 g/mol. The molecule has 5 nitrogen and oxygen atoms in total. The van der Waals surface area contributed by atoms with E-state index in [0.717, 1.165) is 47.4 Å². The SMILES string of the molecule is Cc1cccc(N(C(=O)c2ccco2)[C@H](C(=O)NC2CCCC2)c2cccs2)c1C. The van der Waals surface area contributed by atoms with Crippen LogP contribution in [0.1, 0.15) is 58.3 Å². The molecule has 1 aliphatic carbocycles. The van der Waals surface area contributed by atoms with Crippen LogP contribution in [0.4, 0.5) is 5.69 Å². The first kappa shape index (κ1) is 20.4. The van der Waals surface area contributed by atoms with Crippen molar-refractivity contribution in [3.8, 4) is 0 Å². The van der Waals surface area contributed by atoms with E-state index in [2.05, 4.69) is 5.32 Å². The highest BCUT2D eigenvalue weighted by molar-refractivity contribution is 7.10. The number of furan rings is 1. The van der Waals surface area contributed by atoms with E-state index in [1.807, 2.05) is 49.6 Å². The number of nitrogens with zero attached hydrogens (tertiary/aromatic N) is 1. The molecule has 0 spiro atoms. The van der Waals surface area contributed by atoms with Crippen LogP contribution in [0.15, 0.2) is 58.5 Å². The summed E-state index contributed by atoms with van der Waals surface area (Å²) in [4.78, 5) is 29.6. The fourth-order valence-corrected chi connectivity index (χ4v) is 4.86. The second-order valence-corrected chi connectivity index (χ2v) is 8.76. The van der Waals surface area contributed by atoms with Crippen LogP contribution in [-0.4, -0.2) is 17.9 Å². The summed E-state index contributed by atoms with van der Waals surface area (Å²) in [5.41, 5.74) is 2.75. The maximum atomic E-state index is 13.6. The van der Waals surface area contributed by atoms with Crippen LogP contribution < -0.4 is 10.2 Å². The van der Waals surface area contributed by atoms with Crippen LogP contribution in [0.5, 0.6) is 0 Å². The van der Waals surface area contributed by atoms with Gasteiger partial charge >= 0.3 is 0 Å². The summed E-state index contributed by atoms with van der Waals surface area (Å²) < 4.78 is 5.43. The standard InChI is InChI=1S/C24H26N2O3S/c1-16-8-5-11-19(17(16)2)26(24(28)20-12-6-14-29-20)22(21-13-7-15-30-21)23(27)25-18-9-3-4-10-18/h5-8,11-15,18,22H,3-4,9-10H2,1-2H3,(H,25,27)/t22-/m0/s1. The van der Waals surface area contributed by atoms with Gasteiger partial charge in [-0.05, 0) is 67.5 Å². The molecule has 1 aromatic carbocycles. The third kappa shape index (κ3) is 4.05. The van der Waals surface area contributed by atoms with Crippen molar-refractivity contribution < 1.29 is 14.0 Å². The van der Waals surface area contributed by atoms with Crippen LogP contribution in [0.3, 0.4) is 0 Å². The van der Waals surface area contributed by atoms with Crippen LogP contribution in [-0.2, 0) is 4.79 Å². The molecule has 2 aromatic heterocycles. The third-order valence-corrected chi connectivity index (χ3v) is 6.73. The lowest BCUT2D eigenvalue weighted by Crippen LogP contribution is -2.46. The number of benzene rings is 1. The average Bonchev–Trinajstić information content (AvgIpc) is 3.51. The van der Waals surface area contributed by atoms with Crippen molar-refractivity contribution in [2.45, 2.75) is 51.6 Å². The van der Waals surface area contributed by atoms with Crippen LogP contribution in [0, 0.1) is 13.8 Å². The van der Waals surface area contributed by atoms with Gasteiger partial charge in [0.05, 0.1) is 6.26 Å². The fraction of sp³-hybridized carbons (Fsp3) is 0.333. The Bertz CT molecular complexity index is 1010. The molecule has 30 heavy (non-hydrogen) atoms. The molecule has 1 saturated carbocycles. The molecule has 156 valence electrons. The molecule has 0 aliphatic heterocycles. The first-order chi connectivity index (χ1) is 14.6. The van der Waals surface area contributed by atoms with Crippen LogP contribution in [0.2, 0.25) is 0 Å². The Morgan fingerprint density at radius 3 is 2.57 bits per heavy atom. The second kappa shape index (κ2) is 8.88. The quantitative estimate of drug-likeness (QED) is 0.578. The van der Waals surface area contributed by atoms with E-state index in [9.17, 15) is 9.59 Å². The van der Waals surface area contributed by atoms with Gasteiger partial charge < -0.3 is 9.73 Å². The Morgan fingerprint density at radius 2 is 1.90 bits per heavy atom. The predicted molar refractivity (Wildman–Crippen MR) is 119 cm³/mol. The zero-order valence-corrected chi connectivity index (χ0v) is 18.1. The molecule has 4 rings (SSSR count). The molecule has 2 amide bonds. The van der Waals surface area contributed by atoms with Crippen molar-refractivity contribution in [1.82, 2.24) is 5.32 Å². The van der Waals surface area contributed by atoms with Gasteiger partial charge in [0.25, 0.3) is 5.91 Å². The van der Waals surface area contributed by atoms with Gasteiger partial charge in [0.15, 0.2) is 11.8 Å². The topological polar surface area (TPSA) is 62.6 Å². The summed E-state index contributed by atoms with van der Waals surface area (Å²) in [6.07, 6.45) is 5.70. The number of hydrogen-bond acceptors (Lipinski definition) is 4.